The minimum Gasteiger partial charge on any atom is -0.333 e. The van der Waals surface area contributed by atoms with Crippen molar-refractivity contribution < 1.29 is 9.63 Å². The molecular weight excluding hydrogens is 228 g/mol. The van der Waals surface area contributed by atoms with Crippen molar-refractivity contribution in [2.24, 2.45) is 0 Å². The number of nitrogens with one attached hydrogen (secondary N) is 1. The summed E-state index contributed by atoms with van der Waals surface area (Å²) in [5.74, 6) is 0. The van der Waals surface area contributed by atoms with Gasteiger partial charge < -0.3 is 5.32 Å². The second-order valence-corrected chi connectivity index (χ2v) is 4.98. The summed E-state index contributed by atoms with van der Waals surface area (Å²) in [6.45, 7) is 0. The maximum Gasteiger partial charge on any atom is 0.344 e. The average molecular weight is 246 g/mol. The van der Waals surface area contributed by atoms with E-state index in [2.05, 4.69) is 5.32 Å². The minimum atomic E-state index is -0.199. The lowest BCUT2D eigenvalue weighted by atomic mass is 9.96. The molecule has 4 heteroatoms. The number of hydroxylamine groups is 2. The predicted molar refractivity (Wildman–Crippen MR) is 67.5 cm³/mol. The maximum absolute atomic E-state index is 11.9. The molecule has 1 saturated heterocycles. The van der Waals surface area contributed by atoms with Crippen molar-refractivity contribution in [3.8, 4) is 0 Å². The van der Waals surface area contributed by atoms with Crippen molar-refractivity contribution in [2.45, 2.75) is 44.4 Å². The molecular formula is C14H18N2O2. The predicted octanol–water partition coefficient (Wildman–Crippen LogP) is 2.97. The van der Waals surface area contributed by atoms with Crippen LogP contribution in [0, 0.1) is 0 Å². The summed E-state index contributed by atoms with van der Waals surface area (Å²) >= 11 is 0. The van der Waals surface area contributed by atoms with Crippen molar-refractivity contribution in [3.05, 3.63) is 35.9 Å². The van der Waals surface area contributed by atoms with E-state index in [1.807, 2.05) is 30.3 Å². The van der Waals surface area contributed by atoms with Crippen LogP contribution in [0.5, 0.6) is 0 Å². The van der Waals surface area contributed by atoms with E-state index in [4.69, 9.17) is 4.84 Å². The molecule has 0 bridgehead atoms. The molecule has 2 fully saturated rings. The van der Waals surface area contributed by atoms with E-state index in [0.29, 0.717) is 6.04 Å². The summed E-state index contributed by atoms with van der Waals surface area (Å²) in [5.41, 5.74) is 1.02. The number of benzene rings is 1. The normalized spacial score (nSPS) is 23.8. The van der Waals surface area contributed by atoms with Gasteiger partial charge in [-0.15, -0.1) is 0 Å². The van der Waals surface area contributed by atoms with E-state index < -0.39 is 0 Å². The van der Waals surface area contributed by atoms with E-state index >= 15 is 0 Å². The van der Waals surface area contributed by atoms with Gasteiger partial charge in [-0.05, 0) is 12.8 Å². The molecule has 1 saturated carbocycles. The second-order valence-electron chi connectivity index (χ2n) is 4.98. The van der Waals surface area contributed by atoms with Crippen LogP contribution < -0.4 is 5.32 Å². The van der Waals surface area contributed by atoms with E-state index in [1.54, 1.807) is 0 Å². The number of hydrogen-bond acceptors (Lipinski definition) is 2. The van der Waals surface area contributed by atoms with E-state index in [1.165, 1.54) is 24.3 Å². The Morgan fingerprint density at radius 1 is 1.17 bits per heavy atom. The monoisotopic (exact) mass is 246 g/mol. The zero-order chi connectivity index (χ0) is 12.4. The lowest BCUT2D eigenvalue weighted by Gasteiger charge is -2.22. The van der Waals surface area contributed by atoms with Crippen molar-refractivity contribution in [2.75, 3.05) is 0 Å². The lowest BCUT2D eigenvalue weighted by molar-refractivity contribution is 0.170. The number of urea groups is 1. The third kappa shape index (κ3) is 2.48. The van der Waals surface area contributed by atoms with Gasteiger partial charge in [0.25, 0.3) is 0 Å². The van der Waals surface area contributed by atoms with Gasteiger partial charge in [-0.2, -0.15) is 5.06 Å². The number of hydrogen-bond donors (Lipinski definition) is 1. The van der Waals surface area contributed by atoms with Gasteiger partial charge in [0.2, 0.25) is 6.23 Å². The smallest absolute Gasteiger partial charge is 0.333 e. The van der Waals surface area contributed by atoms with Crippen LogP contribution in [0.2, 0.25) is 0 Å². The molecule has 2 amide bonds. The minimum absolute atomic E-state index is 0.101. The fourth-order valence-corrected chi connectivity index (χ4v) is 2.53. The maximum atomic E-state index is 11.9. The highest BCUT2D eigenvalue weighted by Gasteiger charge is 2.43. The molecule has 0 radical (unpaired) electrons. The van der Waals surface area contributed by atoms with Crippen molar-refractivity contribution >= 4 is 6.03 Å². The highest BCUT2D eigenvalue weighted by atomic mass is 16.8. The van der Waals surface area contributed by atoms with Gasteiger partial charge in [-0.25, -0.2) is 9.63 Å². The summed E-state index contributed by atoms with van der Waals surface area (Å²) in [6.07, 6.45) is 5.71. The van der Waals surface area contributed by atoms with Crippen LogP contribution in [0.25, 0.3) is 0 Å². The third-order valence-corrected chi connectivity index (χ3v) is 3.60. The molecule has 3 rings (SSSR count). The molecule has 1 aliphatic carbocycles. The van der Waals surface area contributed by atoms with Gasteiger partial charge in [0.15, 0.2) is 0 Å². The molecule has 96 valence electrons. The van der Waals surface area contributed by atoms with Gasteiger partial charge in [0.1, 0.15) is 0 Å². The lowest BCUT2D eigenvalue weighted by Crippen LogP contribution is -2.38. The van der Waals surface area contributed by atoms with Crippen LogP contribution in [-0.2, 0) is 4.84 Å². The van der Waals surface area contributed by atoms with Crippen LogP contribution in [0.3, 0.4) is 0 Å². The summed E-state index contributed by atoms with van der Waals surface area (Å²) in [4.78, 5) is 17.3. The average Bonchev–Trinajstić information content (AvgIpc) is 3.21. The Bertz CT molecular complexity index is 415. The standard InChI is InChI=1S/C14H18N2O2/c17-14(15-12-9-5-2-6-10-12)16-13(18-16)11-7-3-1-4-8-11/h1,3-4,7-8,12-13H,2,5-6,9-10H2,(H,15,17). The Labute approximate surface area is 107 Å². The molecule has 0 aromatic heterocycles. The zero-order valence-corrected chi connectivity index (χ0v) is 10.3. The van der Waals surface area contributed by atoms with Gasteiger partial charge in [-0.3, -0.25) is 0 Å². The molecule has 2 aliphatic rings. The molecule has 1 heterocycles. The van der Waals surface area contributed by atoms with Crippen molar-refractivity contribution in [1.82, 2.24) is 10.4 Å². The summed E-state index contributed by atoms with van der Waals surface area (Å²) in [7, 11) is 0. The van der Waals surface area contributed by atoms with Crippen LogP contribution in [-0.4, -0.2) is 17.1 Å². The third-order valence-electron chi connectivity index (χ3n) is 3.60. The fourth-order valence-electron chi connectivity index (χ4n) is 2.53. The van der Waals surface area contributed by atoms with E-state index in [-0.39, 0.29) is 12.3 Å². The summed E-state index contributed by atoms with van der Waals surface area (Å²) in [6, 6.07) is 10.0. The molecule has 1 aromatic carbocycles. The van der Waals surface area contributed by atoms with Gasteiger partial charge >= 0.3 is 6.03 Å². The number of carbonyl (C=O) groups excluding carboxylic acids is 1. The van der Waals surface area contributed by atoms with Crippen LogP contribution in [0.15, 0.2) is 30.3 Å². The first-order valence-electron chi connectivity index (χ1n) is 6.66. The number of nitrogens with zero attached hydrogens (tertiary/aromatic N) is 1. The molecule has 0 spiro atoms. The SMILES string of the molecule is O=C(NC1CCCCC1)N1OC1c1ccccc1. The van der Waals surface area contributed by atoms with Crippen LogP contribution in [0.1, 0.15) is 43.9 Å². The molecule has 1 aliphatic heterocycles. The van der Waals surface area contributed by atoms with Crippen LogP contribution in [0.4, 0.5) is 4.79 Å². The molecule has 1 N–H and O–H groups in total. The van der Waals surface area contributed by atoms with Crippen molar-refractivity contribution in [3.63, 3.8) is 0 Å². The first kappa shape index (κ1) is 11.5. The highest BCUT2D eigenvalue weighted by molar-refractivity contribution is 5.75. The van der Waals surface area contributed by atoms with E-state index in [9.17, 15) is 4.79 Å². The second kappa shape index (κ2) is 4.98. The van der Waals surface area contributed by atoms with Gasteiger partial charge in [0, 0.05) is 11.6 Å². The van der Waals surface area contributed by atoms with Crippen LogP contribution >= 0.6 is 0 Å². The molecule has 1 atom stereocenters. The summed E-state index contributed by atoms with van der Waals surface area (Å²) < 4.78 is 0. The largest absolute Gasteiger partial charge is 0.344 e. The zero-order valence-electron chi connectivity index (χ0n) is 10.3. The van der Waals surface area contributed by atoms with Crippen molar-refractivity contribution in [1.29, 1.82) is 0 Å². The fraction of sp³-hybridized carbons (Fsp3) is 0.500. The van der Waals surface area contributed by atoms with Gasteiger partial charge in [0.05, 0.1) is 0 Å². The topological polar surface area (TPSA) is 44.6 Å². The van der Waals surface area contributed by atoms with E-state index in [0.717, 1.165) is 18.4 Å². The molecule has 1 unspecified atom stereocenters. The Balaban J connectivity index is 1.53. The Kier molecular flexibility index (Phi) is 3.19. The Hall–Kier alpha value is -1.55. The summed E-state index contributed by atoms with van der Waals surface area (Å²) in [5, 5.41) is 4.46. The first-order valence-corrected chi connectivity index (χ1v) is 6.66. The Morgan fingerprint density at radius 2 is 1.89 bits per heavy atom. The highest BCUT2D eigenvalue weighted by Crippen LogP contribution is 2.36. The van der Waals surface area contributed by atoms with Gasteiger partial charge in [-0.1, -0.05) is 49.6 Å². The molecule has 1 aromatic rings. The Morgan fingerprint density at radius 3 is 2.61 bits per heavy atom. The molecule has 18 heavy (non-hydrogen) atoms. The quantitative estimate of drug-likeness (QED) is 0.815. The first-order chi connectivity index (χ1) is 8.84. The number of rotatable bonds is 2. The number of carbonyl (C=O) groups is 1. The number of amides is 2. The molecule has 4 nitrogen and oxygen atoms in total.